The first-order valence-corrected chi connectivity index (χ1v) is 8.80. The number of nitrogens with one attached hydrogen (secondary N) is 3. The van der Waals surface area contributed by atoms with Gasteiger partial charge in [-0.25, -0.2) is 4.79 Å². The standard InChI is InChI=1S/C18H17F3N4O4/c19-18(20,21)9-29-13-2-1-12(7-11(13)8-22)23-14(26)10-3-5-17(6-4-10)15(27)24-16(28)25-17/h1-2,7,10H,3-6,9H2,(H,23,26)(H2,24,25,27,28). The number of nitrogens with zero attached hydrogens (tertiary/aromatic N) is 1. The molecule has 0 unspecified atom stereocenters. The summed E-state index contributed by atoms with van der Waals surface area (Å²) in [6.45, 7) is -1.53. The van der Waals surface area contributed by atoms with Gasteiger partial charge in [-0.05, 0) is 43.9 Å². The van der Waals surface area contributed by atoms with Gasteiger partial charge in [-0.15, -0.1) is 0 Å². The van der Waals surface area contributed by atoms with Crippen LogP contribution in [0.1, 0.15) is 31.2 Å². The third-order valence-electron chi connectivity index (χ3n) is 4.98. The topological polar surface area (TPSA) is 120 Å². The van der Waals surface area contributed by atoms with Crippen LogP contribution in [-0.2, 0) is 9.59 Å². The zero-order valence-electron chi connectivity index (χ0n) is 15.1. The van der Waals surface area contributed by atoms with Gasteiger partial charge < -0.3 is 15.4 Å². The zero-order chi connectivity index (χ0) is 21.2. The van der Waals surface area contributed by atoms with Gasteiger partial charge in [0.25, 0.3) is 5.91 Å². The number of nitriles is 1. The molecular formula is C18H17F3N4O4. The second kappa shape index (κ2) is 7.62. The Balaban J connectivity index is 1.60. The molecule has 1 aliphatic heterocycles. The fourth-order valence-electron chi connectivity index (χ4n) is 3.48. The summed E-state index contributed by atoms with van der Waals surface area (Å²) in [6.07, 6.45) is -3.16. The van der Waals surface area contributed by atoms with Crippen LogP contribution in [0.15, 0.2) is 18.2 Å². The predicted molar refractivity (Wildman–Crippen MR) is 92.7 cm³/mol. The number of amides is 4. The van der Waals surface area contributed by atoms with Crippen LogP contribution in [0.5, 0.6) is 5.75 Å². The number of hydrogen-bond acceptors (Lipinski definition) is 5. The highest BCUT2D eigenvalue weighted by Gasteiger charge is 2.48. The summed E-state index contributed by atoms with van der Waals surface area (Å²) >= 11 is 0. The highest BCUT2D eigenvalue weighted by atomic mass is 19.4. The van der Waals surface area contributed by atoms with Gasteiger partial charge in [0.15, 0.2) is 6.61 Å². The number of anilines is 1. The molecule has 0 atom stereocenters. The van der Waals surface area contributed by atoms with E-state index in [1.54, 1.807) is 6.07 Å². The number of hydrogen-bond donors (Lipinski definition) is 3. The van der Waals surface area contributed by atoms with E-state index in [0.717, 1.165) is 0 Å². The molecule has 0 aromatic heterocycles. The van der Waals surface area contributed by atoms with E-state index in [1.807, 2.05) is 0 Å². The molecule has 2 fully saturated rings. The van der Waals surface area contributed by atoms with E-state index in [0.29, 0.717) is 25.7 Å². The molecule has 8 nitrogen and oxygen atoms in total. The molecular weight excluding hydrogens is 393 g/mol. The third-order valence-corrected chi connectivity index (χ3v) is 4.98. The largest absolute Gasteiger partial charge is 0.483 e. The fraction of sp³-hybridized carbons (Fsp3) is 0.444. The van der Waals surface area contributed by atoms with Crippen LogP contribution in [0.4, 0.5) is 23.7 Å². The molecule has 154 valence electrons. The van der Waals surface area contributed by atoms with Crippen LogP contribution in [0, 0.1) is 17.2 Å². The minimum absolute atomic E-state index is 0.139. The molecule has 0 bridgehead atoms. The average Bonchev–Trinajstić information content (AvgIpc) is 2.93. The first kappa shape index (κ1) is 20.4. The van der Waals surface area contributed by atoms with Gasteiger partial charge in [0.2, 0.25) is 5.91 Å². The van der Waals surface area contributed by atoms with Crippen molar-refractivity contribution in [2.75, 3.05) is 11.9 Å². The summed E-state index contributed by atoms with van der Waals surface area (Å²) in [5, 5.41) is 16.6. The summed E-state index contributed by atoms with van der Waals surface area (Å²) in [7, 11) is 0. The van der Waals surface area contributed by atoms with Gasteiger partial charge in [0, 0.05) is 11.6 Å². The Hall–Kier alpha value is -3.29. The van der Waals surface area contributed by atoms with Crippen molar-refractivity contribution in [3.8, 4) is 11.8 Å². The van der Waals surface area contributed by atoms with Gasteiger partial charge in [-0.3, -0.25) is 14.9 Å². The number of halogens is 3. The number of benzene rings is 1. The number of carbonyl (C=O) groups is 3. The minimum Gasteiger partial charge on any atom is -0.483 e. The van der Waals surface area contributed by atoms with Crippen LogP contribution in [0.2, 0.25) is 0 Å². The first-order chi connectivity index (χ1) is 13.6. The second-order valence-electron chi connectivity index (χ2n) is 6.98. The van der Waals surface area contributed by atoms with Crippen molar-refractivity contribution < 1.29 is 32.3 Å². The predicted octanol–water partition coefficient (Wildman–Crippen LogP) is 2.21. The monoisotopic (exact) mass is 410 g/mol. The molecule has 2 aliphatic rings. The van der Waals surface area contributed by atoms with E-state index in [-0.39, 0.29) is 22.9 Å². The van der Waals surface area contributed by atoms with Crippen molar-refractivity contribution in [2.24, 2.45) is 5.92 Å². The summed E-state index contributed by atoms with van der Waals surface area (Å²) in [4.78, 5) is 35.8. The van der Waals surface area contributed by atoms with Gasteiger partial charge in [0.05, 0.1) is 5.56 Å². The maximum atomic E-state index is 12.5. The lowest BCUT2D eigenvalue weighted by atomic mass is 9.76. The maximum absolute atomic E-state index is 12.5. The number of urea groups is 1. The molecule has 1 spiro atoms. The van der Waals surface area contributed by atoms with E-state index < -0.39 is 36.2 Å². The Kier molecular flexibility index (Phi) is 5.37. The first-order valence-electron chi connectivity index (χ1n) is 8.80. The number of rotatable bonds is 4. The van der Waals surface area contributed by atoms with Crippen molar-refractivity contribution in [1.82, 2.24) is 10.6 Å². The fourth-order valence-corrected chi connectivity index (χ4v) is 3.48. The Morgan fingerprint density at radius 2 is 2.00 bits per heavy atom. The Bertz CT molecular complexity index is 886. The van der Waals surface area contributed by atoms with Crippen LogP contribution in [0.3, 0.4) is 0 Å². The highest BCUT2D eigenvalue weighted by molar-refractivity contribution is 6.07. The molecule has 1 aliphatic carbocycles. The lowest BCUT2D eigenvalue weighted by Crippen LogP contribution is -2.50. The molecule has 1 heterocycles. The smallest absolute Gasteiger partial charge is 0.422 e. The highest BCUT2D eigenvalue weighted by Crippen LogP contribution is 2.35. The number of alkyl halides is 3. The van der Waals surface area contributed by atoms with Crippen LogP contribution in [-0.4, -0.2) is 36.2 Å². The molecule has 3 rings (SSSR count). The SMILES string of the molecule is N#Cc1cc(NC(=O)C2CCC3(CC2)NC(=O)NC3=O)ccc1OCC(F)(F)F. The molecule has 0 radical (unpaired) electrons. The molecule has 1 saturated carbocycles. The Labute approximate surface area is 163 Å². The van der Waals surface area contributed by atoms with E-state index in [9.17, 15) is 27.6 Å². The lowest BCUT2D eigenvalue weighted by molar-refractivity contribution is -0.153. The number of carbonyl (C=O) groups excluding carboxylic acids is 3. The van der Waals surface area contributed by atoms with E-state index >= 15 is 0 Å². The third kappa shape index (κ3) is 4.59. The molecule has 29 heavy (non-hydrogen) atoms. The summed E-state index contributed by atoms with van der Waals surface area (Å²) in [5.41, 5.74) is -0.864. The lowest BCUT2D eigenvalue weighted by Gasteiger charge is -2.33. The van der Waals surface area contributed by atoms with Gasteiger partial charge >= 0.3 is 12.2 Å². The Morgan fingerprint density at radius 3 is 2.55 bits per heavy atom. The average molecular weight is 410 g/mol. The number of ether oxygens (including phenoxy) is 1. The Morgan fingerprint density at radius 1 is 1.31 bits per heavy atom. The van der Waals surface area contributed by atoms with Crippen LogP contribution in [0.25, 0.3) is 0 Å². The summed E-state index contributed by atoms with van der Waals surface area (Å²) in [6, 6.07) is 4.96. The zero-order valence-corrected chi connectivity index (χ0v) is 15.1. The van der Waals surface area contributed by atoms with Crippen molar-refractivity contribution in [2.45, 2.75) is 37.4 Å². The quantitative estimate of drug-likeness (QED) is 0.658. The summed E-state index contributed by atoms with van der Waals surface area (Å²) in [5.74, 6) is -1.37. The van der Waals surface area contributed by atoms with Gasteiger partial charge in [-0.1, -0.05) is 0 Å². The van der Waals surface area contributed by atoms with Crippen LogP contribution >= 0.6 is 0 Å². The maximum Gasteiger partial charge on any atom is 0.422 e. The van der Waals surface area contributed by atoms with Gasteiger partial charge in [-0.2, -0.15) is 18.4 Å². The van der Waals surface area contributed by atoms with Crippen LogP contribution < -0.4 is 20.7 Å². The second-order valence-corrected chi connectivity index (χ2v) is 6.98. The van der Waals surface area contributed by atoms with Crippen molar-refractivity contribution in [3.05, 3.63) is 23.8 Å². The van der Waals surface area contributed by atoms with E-state index in [4.69, 9.17) is 5.26 Å². The summed E-state index contributed by atoms with van der Waals surface area (Å²) < 4.78 is 41.4. The van der Waals surface area contributed by atoms with Crippen molar-refractivity contribution in [3.63, 3.8) is 0 Å². The van der Waals surface area contributed by atoms with Crippen molar-refractivity contribution >= 4 is 23.5 Å². The number of imide groups is 1. The molecule has 11 heteroatoms. The molecule has 1 aromatic carbocycles. The van der Waals surface area contributed by atoms with E-state index in [2.05, 4.69) is 20.7 Å². The van der Waals surface area contributed by atoms with Gasteiger partial charge in [0.1, 0.15) is 17.4 Å². The molecule has 1 saturated heterocycles. The molecule has 1 aromatic rings. The normalized spacial score (nSPS) is 23.9. The van der Waals surface area contributed by atoms with Crippen molar-refractivity contribution in [1.29, 1.82) is 5.26 Å². The van der Waals surface area contributed by atoms with E-state index in [1.165, 1.54) is 18.2 Å². The molecule has 4 amide bonds. The molecule has 3 N–H and O–H groups in total. The minimum atomic E-state index is -4.53.